The van der Waals surface area contributed by atoms with Crippen molar-refractivity contribution in [1.29, 1.82) is 0 Å². The molecule has 0 unspecified atom stereocenters. The zero-order chi connectivity index (χ0) is 17.9. The molecule has 0 saturated carbocycles. The van der Waals surface area contributed by atoms with E-state index in [4.69, 9.17) is 4.98 Å². The van der Waals surface area contributed by atoms with Crippen molar-refractivity contribution in [3.8, 4) is 0 Å². The molecular formula is C20H24N6. The van der Waals surface area contributed by atoms with Crippen molar-refractivity contribution >= 4 is 5.82 Å². The number of anilines is 1. The lowest BCUT2D eigenvalue weighted by molar-refractivity contribution is 0.0761. The van der Waals surface area contributed by atoms with Gasteiger partial charge in [0.2, 0.25) is 0 Å². The Morgan fingerprint density at radius 3 is 2.73 bits per heavy atom. The predicted octanol–water partition coefficient (Wildman–Crippen LogP) is 3.08. The summed E-state index contributed by atoms with van der Waals surface area (Å²) in [5, 5.41) is 3.43. The summed E-state index contributed by atoms with van der Waals surface area (Å²) in [7, 11) is 2.04. The van der Waals surface area contributed by atoms with Crippen molar-refractivity contribution in [1.82, 2.24) is 24.4 Å². The maximum Gasteiger partial charge on any atom is 0.130 e. The Morgan fingerprint density at radius 1 is 1.19 bits per heavy atom. The second kappa shape index (κ2) is 7.25. The number of imidazole rings is 1. The van der Waals surface area contributed by atoms with E-state index in [0.29, 0.717) is 6.04 Å². The Kier molecular flexibility index (Phi) is 4.67. The number of benzene rings is 1. The summed E-state index contributed by atoms with van der Waals surface area (Å²) in [5.74, 6) is 1.70. The molecule has 0 radical (unpaired) electrons. The summed E-state index contributed by atoms with van der Waals surface area (Å²) in [6, 6.07) is 12.8. The van der Waals surface area contributed by atoms with E-state index in [9.17, 15) is 0 Å². The van der Waals surface area contributed by atoms with Crippen molar-refractivity contribution in [3.05, 3.63) is 71.7 Å². The highest BCUT2D eigenvalue weighted by Gasteiger charge is 2.31. The standard InChI is InChI=1S/C20H24N6/c1-15-23-18(10-20(24-15)22-11-16-6-4-3-5-7-16)19-8-9-26(19)13-17-12-21-14-25(17)2/h3-7,10,12,14,19H,8-9,11,13H2,1-2H3,(H,22,23,24)/t19-/m0/s1. The number of aryl methyl sites for hydroxylation is 2. The SMILES string of the molecule is Cc1nc(NCc2ccccc2)cc([C@@H]2CCN2Cc2cncn2C)n1. The van der Waals surface area contributed by atoms with Gasteiger partial charge in [-0.3, -0.25) is 4.90 Å². The van der Waals surface area contributed by atoms with Crippen LogP contribution in [0.4, 0.5) is 5.82 Å². The van der Waals surface area contributed by atoms with Gasteiger partial charge in [-0.05, 0) is 18.9 Å². The maximum absolute atomic E-state index is 4.70. The van der Waals surface area contributed by atoms with E-state index in [1.165, 1.54) is 11.3 Å². The number of rotatable bonds is 6. The molecule has 1 atom stereocenters. The summed E-state index contributed by atoms with van der Waals surface area (Å²) in [5.41, 5.74) is 3.57. The fourth-order valence-electron chi connectivity index (χ4n) is 3.35. The lowest BCUT2D eigenvalue weighted by Gasteiger charge is -2.40. The quantitative estimate of drug-likeness (QED) is 0.742. The molecule has 3 aromatic rings. The van der Waals surface area contributed by atoms with Gasteiger partial charge >= 0.3 is 0 Å². The summed E-state index contributed by atoms with van der Waals surface area (Å²) in [4.78, 5) is 15.9. The van der Waals surface area contributed by atoms with E-state index in [-0.39, 0.29) is 0 Å². The van der Waals surface area contributed by atoms with E-state index < -0.39 is 0 Å². The molecule has 1 aliphatic heterocycles. The van der Waals surface area contributed by atoms with Crippen molar-refractivity contribution in [2.24, 2.45) is 7.05 Å². The van der Waals surface area contributed by atoms with Crippen molar-refractivity contribution in [2.75, 3.05) is 11.9 Å². The minimum Gasteiger partial charge on any atom is -0.366 e. The Bertz CT molecular complexity index is 873. The second-order valence-electron chi connectivity index (χ2n) is 6.84. The number of aromatic nitrogens is 4. The number of hydrogen-bond donors (Lipinski definition) is 1. The largest absolute Gasteiger partial charge is 0.366 e. The molecule has 4 rings (SSSR count). The Morgan fingerprint density at radius 2 is 2.04 bits per heavy atom. The number of nitrogens with one attached hydrogen (secondary N) is 1. The lowest BCUT2D eigenvalue weighted by atomic mass is 9.99. The van der Waals surface area contributed by atoms with Crippen molar-refractivity contribution < 1.29 is 0 Å². The molecule has 1 aliphatic rings. The zero-order valence-electron chi connectivity index (χ0n) is 15.3. The van der Waals surface area contributed by atoms with Gasteiger partial charge in [0.25, 0.3) is 0 Å². The summed E-state index contributed by atoms with van der Waals surface area (Å²) < 4.78 is 2.08. The van der Waals surface area contributed by atoms with Crippen LogP contribution in [0.2, 0.25) is 0 Å². The first kappa shape index (κ1) is 16.7. The number of nitrogens with zero attached hydrogens (tertiary/aromatic N) is 5. The molecule has 1 N–H and O–H groups in total. The van der Waals surface area contributed by atoms with Crippen LogP contribution < -0.4 is 5.32 Å². The molecule has 6 nitrogen and oxygen atoms in total. The minimum atomic E-state index is 0.351. The van der Waals surface area contributed by atoms with Gasteiger partial charge in [-0.15, -0.1) is 0 Å². The predicted molar refractivity (Wildman–Crippen MR) is 102 cm³/mol. The van der Waals surface area contributed by atoms with Crippen LogP contribution in [-0.4, -0.2) is 31.0 Å². The first-order valence-corrected chi connectivity index (χ1v) is 9.01. The molecule has 3 heterocycles. The van der Waals surface area contributed by atoms with Gasteiger partial charge in [-0.2, -0.15) is 0 Å². The monoisotopic (exact) mass is 348 g/mol. The Labute approximate surface area is 153 Å². The molecule has 2 aromatic heterocycles. The van der Waals surface area contributed by atoms with Gasteiger partial charge in [-0.25, -0.2) is 15.0 Å². The molecule has 0 spiro atoms. The first-order chi connectivity index (χ1) is 12.7. The highest BCUT2D eigenvalue weighted by molar-refractivity contribution is 5.38. The van der Waals surface area contributed by atoms with E-state index in [1.54, 1.807) is 0 Å². The average molecular weight is 348 g/mol. The first-order valence-electron chi connectivity index (χ1n) is 9.01. The highest BCUT2D eigenvalue weighted by atomic mass is 15.2. The van der Waals surface area contributed by atoms with E-state index in [0.717, 1.165) is 43.4 Å². The van der Waals surface area contributed by atoms with Crippen LogP contribution in [0, 0.1) is 6.92 Å². The molecule has 1 fully saturated rings. The van der Waals surface area contributed by atoms with Crippen LogP contribution >= 0.6 is 0 Å². The van der Waals surface area contributed by atoms with Gasteiger partial charge < -0.3 is 9.88 Å². The zero-order valence-corrected chi connectivity index (χ0v) is 15.3. The third-order valence-corrected chi connectivity index (χ3v) is 4.93. The molecule has 0 bridgehead atoms. The van der Waals surface area contributed by atoms with Gasteiger partial charge in [-0.1, -0.05) is 30.3 Å². The summed E-state index contributed by atoms with van der Waals surface area (Å²) in [6.45, 7) is 4.71. The average Bonchev–Trinajstić information content (AvgIpc) is 3.02. The van der Waals surface area contributed by atoms with Crippen LogP contribution in [0.5, 0.6) is 0 Å². The smallest absolute Gasteiger partial charge is 0.130 e. The third-order valence-electron chi connectivity index (χ3n) is 4.93. The number of hydrogen-bond acceptors (Lipinski definition) is 5. The summed E-state index contributed by atoms with van der Waals surface area (Å²) >= 11 is 0. The third kappa shape index (κ3) is 3.60. The summed E-state index contributed by atoms with van der Waals surface area (Å²) in [6.07, 6.45) is 4.92. The van der Waals surface area contributed by atoms with Crippen LogP contribution in [0.3, 0.4) is 0 Å². The second-order valence-corrected chi connectivity index (χ2v) is 6.84. The van der Waals surface area contributed by atoms with Crippen molar-refractivity contribution in [2.45, 2.75) is 32.5 Å². The molecule has 0 amide bonds. The normalized spacial score (nSPS) is 17.1. The Hall–Kier alpha value is -2.73. The van der Waals surface area contributed by atoms with Gasteiger partial charge in [0.1, 0.15) is 11.6 Å². The topological polar surface area (TPSA) is 58.9 Å². The van der Waals surface area contributed by atoms with Gasteiger partial charge in [0, 0.05) is 38.9 Å². The molecule has 1 aromatic carbocycles. The molecule has 134 valence electrons. The van der Waals surface area contributed by atoms with E-state index >= 15 is 0 Å². The van der Waals surface area contributed by atoms with Crippen LogP contribution in [0.1, 0.15) is 35.2 Å². The minimum absolute atomic E-state index is 0.351. The van der Waals surface area contributed by atoms with Gasteiger partial charge in [0.05, 0.1) is 23.8 Å². The number of likely N-dealkylation sites (tertiary alicyclic amines) is 1. The molecule has 0 aliphatic carbocycles. The Balaban J connectivity index is 1.46. The fraction of sp³-hybridized carbons (Fsp3) is 0.350. The van der Waals surface area contributed by atoms with Crippen molar-refractivity contribution in [3.63, 3.8) is 0 Å². The van der Waals surface area contributed by atoms with Crippen LogP contribution in [-0.2, 0) is 20.1 Å². The highest BCUT2D eigenvalue weighted by Crippen LogP contribution is 2.34. The van der Waals surface area contributed by atoms with Gasteiger partial charge in [0.15, 0.2) is 0 Å². The lowest BCUT2D eigenvalue weighted by Crippen LogP contribution is -2.41. The maximum atomic E-state index is 4.70. The van der Waals surface area contributed by atoms with Crippen LogP contribution in [0.15, 0.2) is 48.9 Å². The molecule has 26 heavy (non-hydrogen) atoms. The van der Waals surface area contributed by atoms with Crippen LogP contribution in [0.25, 0.3) is 0 Å². The fourth-order valence-corrected chi connectivity index (χ4v) is 3.35. The molecular weight excluding hydrogens is 324 g/mol. The van der Waals surface area contributed by atoms with E-state index in [1.807, 2.05) is 32.6 Å². The molecule has 6 heteroatoms. The van der Waals surface area contributed by atoms with E-state index in [2.05, 4.69) is 55.1 Å². The molecule has 1 saturated heterocycles.